The van der Waals surface area contributed by atoms with Gasteiger partial charge in [0.1, 0.15) is 11.4 Å². The van der Waals surface area contributed by atoms with E-state index < -0.39 is 0 Å². The van der Waals surface area contributed by atoms with Gasteiger partial charge in [0.05, 0.1) is 29.5 Å². The Kier molecular flexibility index (Phi) is 5.80. The number of fused-ring (bicyclic) bond motifs is 3. The molecule has 2 bridgehead atoms. The Balaban J connectivity index is 1.26. The Labute approximate surface area is 214 Å². The van der Waals surface area contributed by atoms with Gasteiger partial charge in [0, 0.05) is 38.1 Å². The number of halogens is 1. The van der Waals surface area contributed by atoms with Gasteiger partial charge < -0.3 is 26.0 Å². The number of hydrogen-bond donors (Lipinski definition) is 4. The lowest BCUT2D eigenvalue weighted by Gasteiger charge is -2.37. The molecule has 0 spiro atoms. The molecule has 3 aromatic rings. The molecule has 186 valence electrons. The minimum Gasteiger partial charge on any atom is -0.392 e. The van der Waals surface area contributed by atoms with Gasteiger partial charge in [-0.05, 0) is 48.2 Å². The molecule has 0 saturated carbocycles. The van der Waals surface area contributed by atoms with Crippen molar-refractivity contribution in [3.63, 3.8) is 0 Å². The number of anilines is 4. The number of aliphatic hydroxyl groups is 1. The monoisotopic (exact) mass is 505 g/mol. The van der Waals surface area contributed by atoms with Gasteiger partial charge in [-0.3, -0.25) is 9.69 Å². The quantitative estimate of drug-likeness (QED) is 0.419. The van der Waals surface area contributed by atoms with Crippen LogP contribution in [0.25, 0.3) is 0 Å². The largest absolute Gasteiger partial charge is 0.392 e. The first-order valence-corrected chi connectivity index (χ1v) is 12.5. The van der Waals surface area contributed by atoms with Gasteiger partial charge in [0.2, 0.25) is 5.95 Å². The summed E-state index contributed by atoms with van der Waals surface area (Å²) < 4.78 is 0. The van der Waals surface area contributed by atoms with E-state index in [2.05, 4.69) is 32.0 Å². The first-order chi connectivity index (χ1) is 17.5. The molecule has 3 aliphatic heterocycles. The molecule has 1 aromatic heterocycles. The van der Waals surface area contributed by atoms with Crippen molar-refractivity contribution in [1.29, 1.82) is 0 Å². The highest BCUT2D eigenvalue weighted by Crippen LogP contribution is 2.38. The number of hydrogen-bond acceptors (Lipinski definition) is 8. The van der Waals surface area contributed by atoms with Crippen molar-refractivity contribution in [3.05, 3.63) is 70.4 Å². The van der Waals surface area contributed by atoms with E-state index in [1.165, 1.54) is 0 Å². The number of para-hydroxylation sites is 1. The van der Waals surface area contributed by atoms with E-state index in [9.17, 15) is 9.90 Å². The average Bonchev–Trinajstić information content (AvgIpc) is 3.20. The molecule has 4 N–H and O–H groups in total. The average molecular weight is 506 g/mol. The zero-order valence-electron chi connectivity index (χ0n) is 20.0. The van der Waals surface area contributed by atoms with Gasteiger partial charge in [-0.25, -0.2) is 4.98 Å². The summed E-state index contributed by atoms with van der Waals surface area (Å²) in [5.41, 5.74) is 3.69. The number of amides is 1. The number of piperazine rings is 1. The molecule has 2 aromatic carbocycles. The predicted octanol–water partition coefficient (Wildman–Crippen LogP) is 2.97. The van der Waals surface area contributed by atoms with Crippen LogP contribution in [0.15, 0.2) is 48.7 Å². The Morgan fingerprint density at radius 3 is 2.97 bits per heavy atom. The van der Waals surface area contributed by atoms with Crippen molar-refractivity contribution in [1.82, 2.24) is 20.6 Å². The second-order valence-corrected chi connectivity index (χ2v) is 10.1. The number of carbonyl (C=O) groups excluding carboxylic acids is 1. The van der Waals surface area contributed by atoms with E-state index in [4.69, 9.17) is 11.6 Å². The highest BCUT2D eigenvalue weighted by Gasteiger charge is 2.43. The number of carbonyl (C=O) groups is 1. The number of benzene rings is 2. The lowest BCUT2D eigenvalue weighted by atomic mass is 9.84. The molecule has 2 fully saturated rings. The second-order valence-electron chi connectivity index (χ2n) is 9.70. The van der Waals surface area contributed by atoms with Crippen LogP contribution in [0, 0.1) is 0 Å². The van der Waals surface area contributed by atoms with Crippen molar-refractivity contribution < 1.29 is 9.90 Å². The SMILES string of the molecule is CN1CN(c2ccccc2Cl)C(=O)c2cnc(Nc3ccc(C45CCC(CNC4)N5)c(CO)c3)nc21. The Morgan fingerprint density at radius 1 is 1.28 bits per heavy atom. The molecule has 9 nitrogen and oxygen atoms in total. The molecule has 4 heterocycles. The van der Waals surface area contributed by atoms with Gasteiger partial charge in [0.15, 0.2) is 0 Å². The fourth-order valence-corrected chi connectivity index (χ4v) is 5.87. The molecule has 0 aliphatic carbocycles. The zero-order valence-corrected chi connectivity index (χ0v) is 20.7. The minimum absolute atomic E-state index is 0.0564. The lowest BCUT2D eigenvalue weighted by Crippen LogP contribution is -2.56. The van der Waals surface area contributed by atoms with Crippen molar-refractivity contribution in [3.8, 4) is 0 Å². The highest BCUT2D eigenvalue weighted by molar-refractivity contribution is 6.34. The predicted molar refractivity (Wildman–Crippen MR) is 140 cm³/mol. The number of nitrogens with zero attached hydrogens (tertiary/aromatic N) is 4. The number of aliphatic hydroxyl groups excluding tert-OH is 1. The van der Waals surface area contributed by atoms with Crippen molar-refractivity contribution in [2.45, 2.75) is 31.0 Å². The third-order valence-electron chi connectivity index (χ3n) is 7.37. The van der Waals surface area contributed by atoms with Crippen molar-refractivity contribution >= 4 is 40.6 Å². The fourth-order valence-electron chi connectivity index (χ4n) is 5.63. The summed E-state index contributed by atoms with van der Waals surface area (Å²) in [6.07, 6.45) is 3.72. The van der Waals surface area contributed by atoms with Crippen LogP contribution in [0.2, 0.25) is 5.02 Å². The van der Waals surface area contributed by atoms with E-state index in [0.29, 0.717) is 40.8 Å². The van der Waals surface area contributed by atoms with E-state index in [1.807, 2.05) is 42.3 Å². The Hall–Kier alpha value is -3.24. The second kappa shape index (κ2) is 9.01. The van der Waals surface area contributed by atoms with E-state index in [0.717, 1.165) is 42.7 Å². The number of rotatable bonds is 5. The van der Waals surface area contributed by atoms with Crippen LogP contribution in [0.3, 0.4) is 0 Å². The van der Waals surface area contributed by atoms with Crippen LogP contribution in [0.5, 0.6) is 0 Å². The van der Waals surface area contributed by atoms with Crippen LogP contribution >= 0.6 is 11.6 Å². The van der Waals surface area contributed by atoms with Crippen molar-refractivity contribution in [2.24, 2.45) is 0 Å². The maximum atomic E-state index is 13.2. The maximum absolute atomic E-state index is 13.2. The summed E-state index contributed by atoms with van der Waals surface area (Å²) in [6, 6.07) is 13.8. The van der Waals surface area contributed by atoms with E-state index in [1.54, 1.807) is 17.2 Å². The van der Waals surface area contributed by atoms with Gasteiger partial charge in [-0.2, -0.15) is 4.98 Å². The fraction of sp³-hybridized carbons (Fsp3) is 0.346. The maximum Gasteiger partial charge on any atom is 0.265 e. The molecule has 2 unspecified atom stereocenters. The molecular formula is C26H28ClN7O2. The molecule has 2 saturated heterocycles. The topological polar surface area (TPSA) is 106 Å². The minimum atomic E-state index is -0.197. The van der Waals surface area contributed by atoms with E-state index in [-0.39, 0.29) is 18.1 Å². The zero-order chi connectivity index (χ0) is 24.9. The van der Waals surface area contributed by atoms with Crippen LogP contribution in [0.1, 0.15) is 34.3 Å². The summed E-state index contributed by atoms with van der Waals surface area (Å²) in [5.74, 6) is 0.735. The molecule has 1 amide bonds. The number of nitrogens with one attached hydrogen (secondary N) is 3. The van der Waals surface area contributed by atoms with E-state index >= 15 is 0 Å². The first kappa shape index (κ1) is 23.2. The lowest BCUT2D eigenvalue weighted by molar-refractivity contribution is 0.0982. The molecular weight excluding hydrogens is 478 g/mol. The normalized spacial score (nSPS) is 23.1. The van der Waals surface area contributed by atoms with Crippen LogP contribution in [0.4, 0.5) is 23.1 Å². The smallest absolute Gasteiger partial charge is 0.265 e. The third-order valence-corrected chi connectivity index (χ3v) is 7.69. The van der Waals surface area contributed by atoms with Crippen molar-refractivity contribution in [2.75, 3.05) is 41.9 Å². The summed E-state index contributed by atoms with van der Waals surface area (Å²) in [4.78, 5) is 25.8. The van der Waals surface area contributed by atoms with Gasteiger partial charge in [-0.1, -0.05) is 29.8 Å². The van der Waals surface area contributed by atoms with Crippen LogP contribution in [-0.2, 0) is 12.1 Å². The highest BCUT2D eigenvalue weighted by atomic mass is 35.5. The Morgan fingerprint density at radius 2 is 2.14 bits per heavy atom. The summed E-state index contributed by atoms with van der Waals surface area (Å²) in [5, 5.41) is 21.2. The number of aromatic nitrogens is 2. The standard InChI is InChI=1S/C26H28ClN7O2/c1-33-15-34(22-5-3-2-4-21(22)27)24(36)19-12-29-25(31-23(19)33)30-17-6-7-20(16(10-17)13-35)26-9-8-18(32-26)11-28-14-26/h2-7,10,12,18,28,32,35H,8-9,11,13-15H2,1H3,(H,29,30,31). The first-order valence-electron chi connectivity index (χ1n) is 12.1. The molecule has 0 radical (unpaired) electrons. The molecule has 2 atom stereocenters. The van der Waals surface area contributed by atoms with Gasteiger partial charge >= 0.3 is 0 Å². The summed E-state index contributed by atoms with van der Waals surface area (Å²) in [6.45, 7) is 2.10. The summed E-state index contributed by atoms with van der Waals surface area (Å²) in [7, 11) is 1.88. The Bertz CT molecular complexity index is 1330. The third kappa shape index (κ3) is 3.88. The van der Waals surface area contributed by atoms with Crippen LogP contribution in [-0.4, -0.2) is 53.8 Å². The van der Waals surface area contributed by atoms with Gasteiger partial charge in [-0.15, -0.1) is 0 Å². The molecule has 10 heteroatoms. The van der Waals surface area contributed by atoms with Crippen LogP contribution < -0.4 is 25.8 Å². The van der Waals surface area contributed by atoms with Gasteiger partial charge in [0.25, 0.3) is 5.91 Å². The molecule has 3 aliphatic rings. The molecule has 6 rings (SSSR count). The molecule has 36 heavy (non-hydrogen) atoms. The summed E-state index contributed by atoms with van der Waals surface area (Å²) >= 11 is 6.34.